The van der Waals surface area contributed by atoms with E-state index in [2.05, 4.69) is 24.2 Å². The van der Waals surface area contributed by atoms with Gasteiger partial charge in [-0.25, -0.2) is 9.59 Å². The second-order valence-corrected chi connectivity index (χ2v) is 8.37. The van der Waals surface area contributed by atoms with Crippen LogP contribution in [-0.2, 0) is 16.1 Å². The Kier molecular flexibility index (Phi) is 12.0. The van der Waals surface area contributed by atoms with Crippen molar-refractivity contribution in [1.82, 2.24) is 9.88 Å². The molecule has 38 heavy (non-hydrogen) atoms. The minimum Gasteiger partial charge on any atom is -0.480 e. The molecule has 0 radical (unpaired) electrons. The number of guanidine groups is 1. The van der Waals surface area contributed by atoms with Crippen molar-refractivity contribution in [2.75, 3.05) is 6.54 Å². The highest BCUT2D eigenvalue weighted by Gasteiger charge is 2.38. The number of nitrogens with two attached hydrogens (primary N) is 2. The van der Waals surface area contributed by atoms with Crippen LogP contribution in [0.4, 0.5) is 13.2 Å². The third-order valence-corrected chi connectivity index (χ3v) is 5.06. The van der Waals surface area contributed by atoms with Crippen LogP contribution in [0, 0.1) is 0 Å². The molecule has 0 bridgehead atoms. The molecule has 1 aromatic heterocycles. The van der Waals surface area contributed by atoms with E-state index < -0.39 is 35.6 Å². The molecule has 0 unspecified atom stereocenters. The number of nitrogens with zero attached hydrogens (tertiary/aromatic N) is 2. The smallest absolute Gasteiger partial charge is 0.480 e. The van der Waals surface area contributed by atoms with Crippen LogP contribution in [0.5, 0.6) is 0 Å². The number of hydrogen-bond donors (Lipinski definition) is 5. The maximum absolute atomic E-state index is 12.8. The van der Waals surface area contributed by atoms with Gasteiger partial charge in [-0.05, 0) is 42.0 Å². The van der Waals surface area contributed by atoms with Crippen molar-refractivity contribution in [3.05, 3.63) is 69.6 Å². The van der Waals surface area contributed by atoms with E-state index in [4.69, 9.17) is 21.4 Å². The van der Waals surface area contributed by atoms with Crippen LogP contribution in [0.15, 0.2) is 52.4 Å². The van der Waals surface area contributed by atoms with Crippen molar-refractivity contribution in [3.63, 3.8) is 0 Å². The average molecular weight is 542 g/mol. The predicted molar refractivity (Wildman–Crippen MR) is 133 cm³/mol. The largest absolute Gasteiger partial charge is 0.490 e. The minimum absolute atomic E-state index is 0.0837. The number of carbonyl (C=O) groups is 3. The van der Waals surface area contributed by atoms with Gasteiger partial charge in [-0.15, -0.1) is 0 Å². The van der Waals surface area contributed by atoms with E-state index >= 15 is 0 Å². The number of carboxylic acids is 2. The SMILES string of the molecule is CC(C)c1ccc(Cn2cccc(C(=O)N[C@@H](CCCN=C(N)N)C(=O)O)c2=O)cc1.O=C(O)C(F)(F)F. The van der Waals surface area contributed by atoms with Crippen LogP contribution in [0.25, 0.3) is 0 Å². The van der Waals surface area contributed by atoms with Gasteiger partial charge in [0.25, 0.3) is 11.5 Å². The lowest BCUT2D eigenvalue weighted by Crippen LogP contribution is -2.43. The van der Waals surface area contributed by atoms with Gasteiger partial charge in [-0.1, -0.05) is 38.1 Å². The molecule has 2 aromatic rings. The normalized spacial score (nSPS) is 11.6. The number of hydrogen-bond acceptors (Lipinski definition) is 5. The van der Waals surface area contributed by atoms with E-state index in [0.717, 1.165) is 5.56 Å². The standard InChI is InChI=1S/C22H29N5O4.C2HF3O2/c1-14(2)16-9-7-15(8-10-16)13-27-12-4-5-17(20(27)29)19(28)26-18(21(30)31)6-3-11-25-22(23)24;3-2(4,5)1(6)7/h4-5,7-10,12,14,18H,3,6,11,13H2,1-2H3,(H,26,28)(H,30,31)(H4,23,24,25);(H,6,7)/t18-;/m0./s1. The third-order valence-electron chi connectivity index (χ3n) is 5.06. The van der Waals surface area contributed by atoms with Crippen LogP contribution >= 0.6 is 0 Å². The summed E-state index contributed by atoms with van der Waals surface area (Å²) < 4.78 is 33.2. The lowest BCUT2D eigenvalue weighted by molar-refractivity contribution is -0.192. The van der Waals surface area contributed by atoms with E-state index in [1.165, 1.54) is 16.2 Å². The molecule has 1 heterocycles. The van der Waals surface area contributed by atoms with Crippen molar-refractivity contribution in [2.45, 2.75) is 51.4 Å². The molecule has 0 spiro atoms. The number of carbonyl (C=O) groups excluding carboxylic acids is 1. The zero-order chi connectivity index (χ0) is 29.0. The van der Waals surface area contributed by atoms with Crippen LogP contribution in [0.3, 0.4) is 0 Å². The Bertz CT molecular complexity index is 1190. The van der Waals surface area contributed by atoms with E-state index in [-0.39, 0.29) is 24.5 Å². The number of nitrogens with one attached hydrogen (secondary N) is 1. The van der Waals surface area contributed by atoms with Crippen molar-refractivity contribution < 1.29 is 37.8 Å². The minimum atomic E-state index is -5.08. The fraction of sp³-hybridized carbons (Fsp3) is 0.375. The van der Waals surface area contributed by atoms with Gasteiger partial charge >= 0.3 is 18.1 Å². The molecule has 0 saturated carbocycles. The number of alkyl halides is 3. The molecule has 1 atom stereocenters. The van der Waals surface area contributed by atoms with Crippen LogP contribution in [0.1, 0.15) is 54.1 Å². The molecule has 7 N–H and O–H groups in total. The summed E-state index contributed by atoms with van der Waals surface area (Å²) in [4.78, 5) is 49.5. The van der Waals surface area contributed by atoms with Crippen molar-refractivity contribution in [2.24, 2.45) is 16.5 Å². The van der Waals surface area contributed by atoms with Gasteiger partial charge in [0.05, 0.1) is 6.54 Å². The molecule has 0 saturated heterocycles. The molecule has 0 fully saturated rings. The van der Waals surface area contributed by atoms with Gasteiger partial charge in [0.2, 0.25) is 0 Å². The third kappa shape index (κ3) is 10.7. The van der Waals surface area contributed by atoms with Gasteiger partial charge < -0.3 is 31.6 Å². The molecule has 0 aliphatic heterocycles. The molecule has 11 nitrogen and oxygen atoms in total. The number of aliphatic carboxylic acids is 2. The first-order valence-electron chi connectivity index (χ1n) is 11.3. The Balaban J connectivity index is 0.000000905. The van der Waals surface area contributed by atoms with Crippen LogP contribution < -0.4 is 22.3 Å². The van der Waals surface area contributed by atoms with Crippen molar-refractivity contribution in [1.29, 1.82) is 0 Å². The summed E-state index contributed by atoms with van der Waals surface area (Å²) in [5, 5.41) is 18.9. The lowest BCUT2D eigenvalue weighted by atomic mass is 10.0. The maximum Gasteiger partial charge on any atom is 0.490 e. The number of carboxylic acid groups (broad SMARTS) is 2. The average Bonchev–Trinajstić information content (AvgIpc) is 2.82. The fourth-order valence-electron chi connectivity index (χ4n) is 3.04. The summed E-state index contributed by atoms with van der Waals surface area (Å²) >= 11 is 0. The zero-order valence-electron chi connectivity index (χ0n) is 20.7. The van der Waals surface area contributed by atoms with Gasteiger partial charge in [0.1, 0.15) is 11.6 Å². The Hall–Kier alpha value is -4.36. The van der Waals surface area contributed by atoms with E-state index in [9.17, 15) is 32.7 Å². The number of aromatic nitrogens is 1. The molecule has 1 amide bonds. The summed E-state index contributed by atoms with van der Waals surface area (Å²) in [7, 11) is 0. The summed E-state index contributed by atoms with van der Waals surface area (Å²) in [5.41, 5.74) is 12.0. The maximum atomic E-state index is 12.8. The first-order valence-corrected chi connectivity index (χ1v) is 11.3. The van der Waals surface area contributed by atoms with E-state index in [1.807, 2.05) is 24.3 Å². The topological polar surface area (TPSA) is 190 Å². The predicted octanol–water partition coefficient (Wildman–Crippen LogP) is 1.89. The summed E-state index contributed by atoms with van der Waals surface area (Å²) in [6.07, 6.45) is -3.00. The van der Waals surface area contributed by atoms with Gasteiger partial charge in [0, 0.05) is 12.7 Å². The first kappa shape index (κ1) is 31.7. The Labute approximate surface area is 216 Å². The molecule has 208 valence electrons. The van der Waals surface area contributed by atoms with Crippen molar-refractivity contribution in [3.8, 4) is 0 Å². The Morgan fingerprint density at radius 1 is 1.08 bits per heavy atom. The number of rotatable bonds is 10. The second-order valence-electron chi connectivity index (χ2n) is 8.37. The van der Waals surface area contributed by atoms with E-state index in [1.54, 1.807) is 12.3 Å². The number of aliphatic imine (C=N–C) groups is 1. The second kappa shape index (κ2) is 14.4. The fourth-order valence-corrected chi connectivity index (χ4v) is 3.04. The molecule has 1 aromatic carbocycles. The summed E-state index contributed by atoms with van der Waals surface area (Å²) in [6, 6.07) is 9.75. The highest BCUT2D eigenvalue weighted by atomic mass is 19.4. The number of benzene rings is 1. The Morgan fingerprint density at radius 2 is 1.66 bits per heavy atom. The summed E-state index contributed by atoms with van der Waals surface area (Å²) in [6.45, 7) is 4.76. The molecule has 0 aliphatic rings. The van der Waals surface area contributed by atoms with Gasteiger partial charge in [-0.2, -0.15) is 13.2 Å². The monoisotopic (exact) mass is 541 g/mol. The number of amides is 1. The number of halogens is 3. The molecule has 14 heteroatoms. The van der Waals surface area contributed by atoms with Gasteiger partial charge in [-0.3, -0.25) is 14.6 Å². The zero-order valence-corrected chi connectivity index (χ0v) is 20.7. The van der Waals surface area contributed by atoms with E-state index in [0.29, 0.717) is 18.9 Å². The van der Waals surface area contributed by atoms with Crippen LogP contribution in [-0.4, -0.2) is 57.3 Å². The molecule has 2 rings (SSSR count). The summed E-state index contributed by atoms with van der Waals surface area (Å²) in [5.74, 6) is -4.36. The Morgan fingerprint density at radius 3 is 2.13 bits per heavy atom. The molecular weight excluding hydrogens is 511 g/mol. The quantitative estimate of drug-likeness (QED) is 0.171. The number of pyridine rings is 1. The van der Waals surface area contributed by atoms with Crippen LogP contribution in [0.2, 0.25) is 0 Å². The lowest BCUT2D eigenvalue weighted by Gasteiger charge is -2.15. The highest BCUT2D eigenvalue weighted by molar-refractivity contribution is 5.96. The first-order chi connectivity index (χ1) is 17.6. The highest BCUT2D eigenvalue weighted by Crippen LogP contribution is 2.15. The van der Waals surface area contributed by atoms with Gasteiger partial charge in [0.15, 0.2) is 5.96 Å². The molecular formula is C24H30F3N5O6. The molecule has 0 aliphatic carbocycles. The van der Waals surface area contributed by atoms with Crippen molar-refractivity contribution >= 4 is 23.8 Å².